The van der Waals surface area contributed by atoms with Gasteiger partial charge in [-0.1, -0.05) is 0 Å². The predicted octanol–water partition coefficient (Wildman–Crippen LogP) is 3.80. The summed E-state index contributed by atoms with van der Waals surface area (Å²) in [6, 6.07) is 9.47. The van der Waals surface area contributed by atoms with Gasteiger partial charge in [0.25, 0.3) is 0 Å². The lowest BCUT2D eigenvalue weighted by atomic mass is 9.74. The summed E-state index contributed by atoms with van der Waals surface area (Å²) >= 11 is 0. The van der Waals surface area contributed by atoms with Crippen LogP contribution in [0.2, 0.25) is 0 Å². The van der Waals surface area contributed by atoms with Crippen molar-refractivity contribution in [2.24, 2.45) is 5.73 Å². The summed E-state index contributed by atoms with van der Waals surface area (Å²) in [7, 11) is 0. The van der Waals surface area contributed by atoms with Gasteiger partial charge in [-0.05, 0) is 61.7 Å². The van der Waals surface area contributed by atoms with Gasteiger partial charge < -0.3 is 16.4 Å². The number of pyridine rings is 1. The van der Waals surface area contributed by atoms with Crippen LogP contribution in [0, 0.1) is 11.6 Å². The number of primary amides is 1. The fourth-order valence-corrected chi connectivity index (χ4v) is 3.42. The number of aromatic nitrogens is 3. The first-order valence-corrected chi connectivity index (χ1v) is 9.06. The molecule has 0 spiro atoms. The molecule has 29 heavy (non-hydrogen) atoms. The molecule has 148 valence electrons. The molecule has 0 aliphatic heterocycles. The number of anilines is 2. The number of nitrogens with two attached hydrogens (primary N) is 1. The van der Waals surface area contributed by atoms with Gasteiger partial charge in [0.2, 0.25) is 0 Å². The van der Waals surface area contributed by atoms with Crippen molar-refractivity contribution in [1.82, 2.24) is 15.2 Å². The number of nitrogens with one attached hydrogen (secondary N) is 2. The van der Waals surface area contributed by atoms with Gasteiger partial charge >= 0.3 is 6.03 Å². The summed E-state index contributed by atoms with van der Waals surface area (Å²) in [5.41, 5.74) is 5.62. The molecule has 2 amide bonds. The second kappa shape index (κ2) is 7.42. The molecule has 0 unspecified atom stereocenters. The highest BCUT2D eigenvalue weighted by molar-refractivity contribution is 5.88. The monoisotopic (exact) mass is 396 g/mol. The van der Waals surface area contributed by atoms with E-state index in [1.807, 2.05) is 0 Å². The van der Waals surface area contributed by atoms with Gasteiger partial charge in [0.05, 0.1) is 11.2 Å². The Balaban J connectivity index is 1.59. The van der Waals surface area contributed by atoms with Crippen LogP contribution >= 0.6 is 0 Å². The third-order valence-corrected chi connectivity index (χ3v) is 4.96. The summed E-state index contributed by atoms with van der Waals surface area (Å²) in [5, 5.41) is 13.8. The molecule has 1 saturated carbocycles. The molecule has 1 aromatic carbocycles. The van der Waals surface area contributed by atoms with Crippen LogP contribution in [0.4, 0.5) is 25.1 Å². The molecule has 4 N–H and O–H groups in total. The van der Waals surface area contributed by atoms with Gasteiger partial charge in [0.15, 0.2) is 0 Å². The van der Waals surface area contributed by atoms with E-state index < -0.39 is 17.4 Å². The number of halogens is 2. The number of carbonyl (C=O) groups excluding carboxylic acids is 1. The van der Waals surface area contributed by atoms with E-state index in [9.17, 15) is 13.6 Å². The van der Waals surface area contributed by atoms with Crippen molar-refractivity contribution in [3.63, 3.8) is 0 Å². The number of rotatable bonds is 5. The molecule has 1 fully saturated rings. The minimum Gasteiger partial charge on any atom is -0.357 e. The smallest absolute Gasteiger partial charge is 0.316 e. The number of urea groups is 1. The van der Waals surface area contributed by atoms with E-state index in [1.165, 1.54) is 24.3 Å². The molecule has 2 heterocycles. The van der Waals surface area contributed by atoms with E-state index in [0.29, 0.717) is 17.2 Å². The molecule has 3 aromatic rings. The first-order valence-electron chi connectivity index (χ1n) is 9.06. The SMILES string of the molecule is NC(=O)Nc1ccc(F)c(-c2ccc(NC3(c4ncccc4F)CCC3)nn2)c1. The Morgan fingerprint density at radius 3 is 2.52 bits per heavy atom. The third-order valence-electron chi connectivity index (χ3n) is 4.96. The zero-order chi connectivity index (χ0) is 20.4. The standard InChI is InChI=1S/C20H18F2N6O/c21-14-5-4-12(25-19(23)29)11-13(14)16-6-7-17(28-27-16)26-20(8-2-9-20)18-15(22)3-1-10-24-18/h1,3-7,10-11H,2,8-9H2,(H,26,28)(H3,23,25,29). The van der Waals surface area contributed by atoms with Crippen LogP contribution in [-0.4, -0.2) is 21.2 Å². The second-order valence-electron chi connectivity index (χ2n) is 6.88. The van der Waals surface area contributed by atoms with Gasteiger partial charge in [-0.2, -0.15) is 0 Å². The van der Waals surface area contributed by atoms with E-state index in [2.05, 4.69) is 25.8 Å². The van der Waals surface area contributed by atoms with Crippen LogP contribution < -0.4 is 16.4 Å². The Bertz CT molecular complexity index is 1050. The number of nitrogens with zero attached hydrogens (tertiary/aromatic N) is 3. The molecular formula is C20H18F2N6O. The van der Waals surface area contributed by atoms with E-state index in [1.54, 1.807) is 24.4 Å². The van der Waals surface area contributed by atoms with Crippen LogP contribution in [-0.2, 0) is 5.54 Å². The molecular weight excluding hydrogens is 378 g/mol. The Hall–Kier alpha value is -3.62. The van der Waals surface area contributed by atoms with E-state index in [4.69, 9.17) is 5.73 Å². The lowest BCUT2D eigenvalue weighted by Crippen LogP contribution is -2.43. The average Bonchev–Trinajstić information content (AvgIpc) is 2.67. The fraction of sp³-hybridized carbons (Fsp3) is 0.200. The summed E-state index contributed by atoms with van der Waals surface area (Å²) in [5.74, 6) is -0.448. The minimum atomic E-state index is -0.749. The van der Waals surface area contributed by atoms with Crippen molar-refractivity contribution in [2.75, 3.05) is 10.6 Å². The quantitative estimate of drug-likeness (QED) is 0.608. The largest absolute Gasteiger partial charge is 0.357 e. The zero-order valence-electron chi connectivity index (χ0n) is 15.3. The number of carbonyl (C=O) groups is 1. The highest BCUT2D eigenvalue weighted by Crippen LogP contribution is 2.43. The van der Waals surface area contributed by atoms with E-state index >= 15 is 0 Å². The third kappa shape index (κ3) is 3.71. The van der Waals surface area contributed by atoms with Crippen LogP contribution in [0.3, 0.4) is 0 Å². The van der Waals surface area contributed by atoms with Gasteiger partial charge in [0, 0.05) is 17.4 Å². The van der Waals surface area contributed by atoms with Crippen LogP contribution in [0.1, 0.15) is 25.0 Å². The fourth-order valence-electron chi connectivity index (χ4n) is 3.42. The lowest BCUT2D eigenvalue weighted by molar-refractivity contribution is 0.259. The molecule has 0 bridgehead atoms. The summed E-state index contributed by atoms with van der Waals surface area (Å²) < 4.78 is 28.5. The topological polar surface area (TPSA) is 106 Å². The van der Waals surface area contributed by atoms with Crippen molar-refractivity contribution in [3.8, 4) is 11.3 Å². The average molecular weight is 396 g/mol. The molecule has 1 aliphatic carbocycles. The Kier molecular flexibility index (Phi) is 4.79. The first kappa shape index (κ1) is 18.7. The van der Waals surface area contributed by atoms with E-state index in [0.717, 1.165) is 19.3 Å². The lowest BCUT2D eigenvalue weighted by Gasteiger charge is -2.42. The Morgan fingerprint density at radius 1 is 1.07 bits per heavy atom. The highest BCUT2D eigenvalue weighted by Gasteiger charge is 2.42. The summed E-state index contributed by atoms with van der Waals surface area (Å²) in [6.45, 7) is 0. The normalized spacial score (nSPS) is 14.7. The molecule has 0 atom stereocenters. The van der Waals surface area contributed by atoms with Gasteiger partial charge in [-0.15, -0.1) is 10.2 Å². The van der Waals surface area contributed by atoms with Gasteiger partial charge in [0.1, 0.15) is 23.1 Å². The number of hydrogen-bond acceptors (Lipinski definition) is 5. The number of benzene rings is 1. The van der Waals surface area contributed by atoms with Crippen LogP contribution in [0.25, 0.3) is 11.3 Å². The first-order chi connectivity index (χ1) is 14.0. The molecule has 1 aliphatic rings. The van der Waals surface area contributed by atoms with E-state index in [-0.39, 0.29) is 17.1 Å². The number of amides is 2. The van der Waals surface area contributed by atoms with Crippen LogP contribution in [0.5, 0.6) is 0 Å². The van der Waals surface area contributed by atoms with Crippen molar-refractivity contribution in [3.05, 3.63) is 66.0 Å². The predicted molar refractivity (Wildman–Crippen MR) is 104 cm³/mol. The molecule has 4 rings (SSSR count). The Morgan fingerprint density at radius 2 is 1.90 bits per heavy atom. The van der Waals surface area contributed by atoms with Crippen molar-refractivity contribution < 1.29 is 13.6 Å². The minimum absolute atomic E-state index is 0.171. The summed E-state index contributed by atoms with van der Waals surface area (Å²) in [6.07, 6.45) is 3.95. The molecule has 9 heteroatoms. The van der Waals surface area contributed by atoms with Gasteiger partial charge in [-0.25, -0.2) is 13.6 Å². The van der Waals surface area contributed by atoms with Gasteiger partial charge in [-0.3, -0.25) is 4.98 Å². The number of hydrogen-bond donors (Lipinski definition) is 3. The maximum Gasteiger partial charge on any atom is 0.316 e. The van der Waals surface area contributed by atoms with Crippen LogP contribution in [0.15, 0.2) is 48.7 Å². The van der Waals surface area contributed by atoms with Crippen molar-refractivity contribution >= 4 is 17.5 Å². The summed E-state index contributed by atoms with van der Waals surface area (Å²) in [4.78, 5) is 15.2. The molecule has 0 saturated heterocycles. The second-order valence-corrected chi connectivity index (χ2v) is 6.88. The Labute approximate surface area is 165 Å². The van der Waals surface area contributed by atoms with Crippen molar-refractivity contribution in [1.29, 1.82) is 0 Å². The maximum atomic E-state index is 14.2. The molecule has 2 aromatic heterocycles. The molecule has 7 nitrogen and oxygen atoms in total. The zero-order valence-corrected chi connectivity index (χ0v) is 15.3. The van der Waals surface area contributed by atoms with Crippen molar-refractivity contribution in [2.45, 2.75) is 24.8 Å². The molecule has 0 radical (unpaired) electrons. The maximum absolute atomic E-state index is 14.2. The highest BCUT2D eigenvalue weighted by atomic mass is 19.1.